The highest BCUT2D eigenvalue weighted by molar-refractivity contribution is 5.77. The van der Waals surface area contributed by atoms with Crippen LogP contribution in [0.25, 0.3) is 11.4 Å². The first-order chi connectivity index (χ1) is 12.5. The summed E-state index contributed by atoms with van der Waals surface area (Å²) in [5.41, 5.74) is 0.806. The Hall–Kier alpha value is -2.77. The zero-order valence-electron chi connectivity index (χ0n) is 15.3. The second-order valence-corrected chi connectivity index (χ2v) is 6.31. The largest absolute Gasteiger partial charge is 0.469 e. The Bertz CT molecular complexity index is 715. The van der Waals surface area contributed by atoms with Crippen molar-refractivity contribution in [2.75, 3.05) is 20.2 Å². The molecule has 0 aliphatic rings. The van der Waals surface area contributed by atoms with Crippen LogP contribution in [0.1, 0.15) is 32.6 Å². The summed E-state index contributed by atoms with van der Waals surface area (Å²) >= 11 is 0. The molecule has 1 amide bonds. The molecule has 0 N–H and O–H groups in total. The minimum Gasteiger partial charge on any atom is -0.469 e. The Kier molecular flexibility index (Phi) is 7.25. The summed E-state index contributed by atoms with van der Waals surface area (Å²) in [5, 5.41) is 3.93. The fraction of sp³-hybridized carbons (Fsp3) is 0.500. The van der Waals surface area contributed by atoms with Gasteiger partial charge in [-0.05, 0) is 18.1 Å². The van der Waals surface area contributed by atoms with Crippen molar-refractivity contribution in [2.24, 2.45) is 5.92 Å². The Morgan fingerprint density at radius 2 is 1.96 bits per heavy atom. The maximum Gasteiger partial charge on any atom is 0.307 e. The number of pyridine rings is 1. The van der Waals surface area contributed by atoms with E-state index in [0.29, 0.717) is 37.1 Å². The molecule has 0 unspecified atom stereocenters. The van der Waals surface area contributed by atoms with Crippen molar-refractivity contribution < 1.29 is 18.8 Å². The summed E-state index contributed by atoms with van der Waals surface area (Å²) < 4.78 is 9.86. The molecule has 0 radical (unpaired) electrons. The van der Waals surface area contributed by atoms with Crippen molar-refractivity contribution in [3.05, 3.63) is 30.4 Å². The molecule has 2 aromatic rings. The first kappa shape index (κ1) is 19.6. The van der Waals surface area contributed by atoms with Crippen LogP contribution in [-0.4, -0.2) is 52.1 Å². The highest BCUT2D eigenvalue weighted by Gasteiger charge is 2.18. The van der Waals surface area contributed by atoms with Gasteiger partial charge in [0.05, 0.1) is 13.5 Å². The van der Waals surface area contributed by atoms with Gasteiger partial charge in [0, 0.05) is 43.9 Å². The van der Waals surface area contributed by atoms with Crippen LogP contribution < -0.4 is 0 Å². The van der Waals surface area contributed by atoms with E-state index in [-0.39, 0.29) is 24.7 Å². The van der Waals surface area contributed by atoms with Gasteiger partial charge < -0.3 is 14.2 Å². The summed E-state index contributed by atoms with van der Waals surface area (Å²) in [6.45, 7) is 4.98. The van der Waals surface area contributed by atoms with Crippen LogP contribution in [-0.2, 0) is 20.7 Å². The summed E-state index contributed by atoms with van der Waals surface area (Å²) in [6, 6.07) is 3.58. The van der Waals surface area contributed by atoms with Gasteiger partial charge in [0.15, 0.2) is 0 Å². The third kappa shape index (κ3) is 5.94. The van der Waals surface area contributed by atoms with Crippen molar-refractivity contribution in [3.63, 3.8) is 0 Å². The number of aryl methyl sites for hydroxylation is 1. The average Bonchev–Trinajstić information content (AvgIpc) is 3.12. The predicted molar refractivity (Wildman–Crippen MR) is 93.9 cm³/mol. The molecule has 0 spiro atoms. The molecule has 2 rings (SSSR count). The molecule has 0 fully saturated rings. The van der Waals surface area contributed by atoms with Gasteiger partial charge in [-0.25, -0.2) is 0 Å². The van der Waals surface area contributed by atoms with Gasteiger partial charge in [-0.3, -0.25) is 14.6 Å². The zero-order valence-corrected chi connectivity index (χ0v) is 15.3. The van der Waals surface area contributed by atoms with Crippen molar-refractivity contribution in [1.82, 2.24) is 20.0 Å². The second kappa shape index (κ2) is 9.65. The van der Waals surface area contributed by atoms with Gasteiger partial charge in [0.2, 0.25) is 17.6 Å². The van der Waals surface area contributed by atoms with Crippen molar-refractivity contribution in [1.29, 1.82) is 0 Å². The van der Waals surface area contributed by atoms with Gasteiger partial charge in [-0.1, -0.05) is 19.0 Å². The van der Waals surface area contributed by atoms with E-state index in [4.69, 9.17) is 4.52 Å². The van der Waals surface area contributed by atoms with Crippen molar-refractivity contribution >= 4 is 11.9 Å². The summed E-state index contributed by atoms with van der Waals surface area (Å²) in [5.74, 6) is 0.803. The minimum absolute atomic E-state index is 0.0498. The first-order valence-electron chi connectivity index (χ1n) is 8.57. The van der Waals surface area contributed by atoms with E-state index in [0.717, 1.165) is 5.56 Å². The molecule has 2 heterocycles. The van der Waals surface area contributed by atoms with Crippen LogP contribution in [0.4, 0.5) is 0 Å². The van der Waals surface area contributed by atoms with E-state index < -0.39 is 0 Å². The van der Waals surface area contributed by atoms with Crippen LogP contribution in [0.5, 0.6) is 0 Å². The third-order valence-corrected chi connectivity index (χ3v) is 3.71. The Morgan fingerprint density at radius 1 is 1.23 bits per heavy atom. The second-order valence-electron chi connectivity index (χ2n) is 6.31. The lowest BCUT2D eigenvalue weighted by atomic mass is 10.1. The molecule has 0 aliphatic heterocycles. The number of esters is 1. The lowest BCUT2D eigenvalue weighted by Crippen LogP contribution is -2.36. The number of methoxy groups -OCH3 is 1. The van der Waals surface area contributed by atoms with Gasteiger partial charge in [-0.15, -0.1) is 0 Å². The normalized spacial score (nSPS) is 10.8. The Labute approximate surface area is 152 Å². The lowest BCUT2D eigenvalue weighted by molar-refractivity contribution is -0.141. The number of hydrogen-bond acceptors (Lipinski definition) is 7. The molecule has 0 atom stereocenters. The van der Waals surface area contributed by atoms with Gasteiger partial charge >= 0.3 is 5.97 Å². The van der Waals surface area contributed by atoms with Gasteiger partial charge in [0.25, 0.3) is 0 Å². The molecule has 0 saturated heterocycles. The standard InChI is InChI=1S/C18H24N4O4/c1-13(2)12-22(11-8-17(24)25-3)16(23)5-4-15-20-18(21-26-15)14-6-9-19-10-7-14/h6-7,9-10,13H,4-5,8,11-12H2,1-3H3. The molecule has 8 heteroatoms. The Balaban J connectivity index is 1.92. The first-order valence-corrected chi connectivity index (χ1v) is 8.57. The molecule has 26 heavy (non-hydrogen) atoms. The zero-order chi connectivity index (χ0) is 18.9. The van der Waals surface area contributed by atoms with Crippen molar-refractivity contribution in [2.45, 2.75) is 33.1 Å². The van der Waals surface area contributed by atoms with Crippen LogP contribution in [0, 0.1) is 5.92 Å². The van der Waals surface area contributed by atoms with Gasteiger partial charge in [-0.2, -0.15) is 4.98 Å². The van der Waals surface area contributed by atoms with E-state index in [2.05, 4.69) is 19.9 Å². The van der Waals surface area contributed by atoms with Crippen molar-refractivity contribution in [3.8, 4) is 11.4 Å². The maximum absolute atomic E-state index is 12.5. The fourth-order valence-corrected chi connectivity index (χ4v) is 2.43. The smallest absolute Gasteiger partial charge is 0.307 e. The predicted octanol–water partition coefficient (Wildman–Crippen LogP) is 2.11. The molecule has 0 aromatic carbocycles. The SMILES string of the molecule is COC(=O)CCN(CC(C)C)C(=O)CCc1nc(-c2ccncc2)no1. The van der Waals surface area contributed by atoms with Crippen LogP contribution >= 0.6 is 0 Å². The monoisotopic (exact) mass is 360 g/mol. The minimum atomic E-state index is -0.328. The summed E-state index contributed by atoms with van der Waals surface area (Å²) in [4.78, 5) is 33.8. The number of carbonyl (C=O) groups is 2. The molecule has 0 saturated carbocycles. The quantitative estimate of drug-likeness (QED) is 0.632. The number of hydrogen-bond donors (Lipinski definition) is 0. The molecule has 0 aliphatic carbocycles. The number of rotatable bonds is 9. The topological polar surface area (TPSA) is 98.4 Å². The van der Waals surface area contributed by atoms with E-state index in [1.165, 1.54) is 7.11 Å². The third-order valence-electron chi connectivity index (χ3n) is 3.71. The van der Waals surface area contributed by atoms with E-state index >= 15 is 0 Å². The van der Waals surface area contributed by atoms with E-state index in [9.17, 15) is 9.59 Å². The summed E-state index contributed by atoms with van der Waals surface area (Å²) in [6.07, 6.45) is 4.08. The van der Waals surface area contributed by atoms with E-state index in [1.54, 1.807) is 29.4 Å². The van der Waals surface area contributed by atoms with Crippen LogP contribution in [0.2, 0.25) is 0 Å². The van der Waals surface area contributed by atoms with Crippen LogP contribution in [0.15, 0.2) is 29.0 Å². The summed E-state index contributed by atoms with van der Waals surface area (Å²) in [7, 11) is 1.34. The Morgan fingerprint density at radius 3 is 2.62 bits per heavy atom. The fourth-order valence-electron chi connectivity index (χ4n) is 2.43. The number of ether oxygens (including phenoxy) is 1. The van der Waals surface area contributed by atoms with E-state index in [1.807, 2.05) is 13.8 Å². The number of carbonyl (C=O) groups excluding carboxylic acids is 2. The molecule has 8 nitrogen and oxygen atoms in total. The average molecular weight is 360 g/mol. The highest BCUT2D eigenvalue weighted by Crippen LogP contribution is 2.15. The maximum atomic E-state index is 12.5. The number of amides is 1. The van der Waals surface area contributed by atoms with Crippen LogP contribution in [0.3, 0.4) is 0 Å². The lowest BCUT2D eigenvalue weighted by Gasteiger charge is -2.24. The number of aromatic nitrogens is 3. The highest BCUT2D eigenvalue weighted by atomic mass is 16.5. The van der Waals surface area contributed by atoms with Gasteiger partial charge in [0.1, 0.15) is 0 Å². The molecular formula is C18H24N4O4. The molecular weight excluding hydrogens is 336 g/mol. The molecule has 2 aromatic heterocycles. The molecule has 0 bridgehead atoms. The number of nitrogens with zero attached hydrogens (tertiary/aromatic N) is 4. The molecule has 140 valence electrons.